The van der Waals surface area contributed by atoms with Crippen LogP contribution in [0.2, 0.25) is 0 Å². The van der Waals surface area contributed by atoms with Gasteiger partial charge in [-0.05, 0) is 18.6 Å². The molecule has 82 valence electrons. The lowest BCUT2D eigenvalue weighted by Gasteiger charge is -1.98. The zero-order chi connectivity index (χ0) is 11.2. The van der Waals surface area contributed by atoms with E-state index in [9.17, 15) is 0 Å². The summed E-state index contributed by atoms with van der Waals surface area (Å²) >= 11 is 1.68. The highest BCUT2D eigenvalue weighted by atomic mass is 32.1. The minimum absolute atomic E-state index is 0.627. The predicted octanol–water partition coefficient (Wildman–Crippen LogP) is 3.41. The molecule has 1 heterocycles. The fraction of sp³-hybridized carbons (Fsp3) is 0.333. The first-order chi connectivity index (χ1) is 7.90. The van der Waals surface area contributed by atoms with Crippen LogP contribution in [0.25, 0.3) is 15.1 Å². The Bertz CT molecular complexity index is 465. The molecule has 4 heteroatoms. The summed E-state index contributed by atoms with van der Waals surface area (Å²) in [5.74, 6) is 0. The second-order valence-corrected chi connectivity index (χ2v) is 4.53. The Labute approximate surface area is 99.0 Å². The molecule has 0 aliphatic heterocycles. The van der Waals surface area contributed by atoms with Gasteiger partial charge in [0.2, 0.25) is 6.54 Å². The van der Waals surface area contributed by atoms with Crippen molar-refractivity contribution in [2.24, 2.45) is 0 Å². The van der Waals surface area contributed by atoms with E-state index in [2.05, 4.69) is 21.2 Å². The smallest absolute Gasteiger partial charge is 0.214 e. The average Bonchev–Trinajstić information content (AvgIpc) is 2.71. The van der Waals surface area contributed by atoms with Gasteiger partial charge in [-0.3, -0.25) is 0 Å². The summed E-state index contributed by atoms with van der Waals surface area (Å²) in [4.78, 5) is 7.80. The first-order valence-corrected chi connectivity index (χ1v) is 6.14. The molecule has 1 aromatic carbocycles. The Morgan fingerprint density at radius 3 is 3.00 bits per heavy atom. The first kappa shape index (κ1) is 10.9. The highest BCUT2D eigenvalue weighted by Gasteiger charge is 2.01. The van der Waals surface area contributed by atoms with Crippen molar-refractivity contribution in [3.63, 3.8) is 0 Å². The fourth-order valence-electron chi connectivity index (χ4n) is 1.46. The number of hydrogen-bond donors (Lipinski definition) is 1. The summed E-state index contributed by atoms with van der Waals surface area (Å²) in [7, 11) is 0. The van der Waals surface area contributed by atoms with E-state index in [0.29, 0.717) is 6.54 Å². The van der Waals surface area contributed by atoms with Crippen LogP contribution in [0.3, 0.4) is 0 Å². The zero-order valence-electron chi connectivity index (χ0n) is 8.94. The van der Waals surface area contributed by atoms with E-state index in [1.165, 1.54) is 4.70 Å². The van der Waals surface area contributed by atoms with Gasteiger partial charge in [0.25, 0.3) is 0 Å². The van der Waals surface area contributed by atoms with E-state index in [-0.39, 0.29) is 0 Å². The number of rotatable bonds is 5. The topological polar surface area (TPSA) is 29.3 Å². The lowest BCUT2D eigenvalue weighted by Crippen LogP contribution is -2.01. The molecule has 0 unspecified atom stereocenters. The summed E-state index contributed by atoms with van der Waals surface area (Å²) in [5.41, 5.74) is 1.05. The third-order valence-electron chi connectivity index (χ3n) is 2.27. The maximum Gasteiger partial charge on any atom is 0.214 e. The quantitative estimate of drug-likeness (QED) is 0.631. The fourth-order valence-corrected chi connectivity index (χ4v) is 2.35. The molecule has 0 saturated heterocycles. The van der Waals surface area contributed by atoms with Crippen molar-refractivity contribution in [2.75, 3.05) is 18.4 Å². The summed E-state index contributed by atoms with van der Waals surface area (Å²) in [5, 5.41) is 4.27. The number of para-hydroxylation sites is 1. The molecule has 3 nitrogen and oxygen atoms in total. The van der Waals surface area contributed by atoms with E-state index in [0.717, 1.165) is 30.0 Å². The Kier molecular flexibility index (Phi) is 3.73. The van der Waals surface area contributed by atoms with Crippen LogP contribution in [0.4, 0.5) is 5.13 Å². The minimum Gasteiger partial charge on any atom is -0.361 e. The Morgan fingerprint density at radius 2 is 2.19 bits per heavy atom. The normalized spacial score (nSPS) is 10.2. The van der Waals surface area contributed by atoms with Crippen molar-refractivity contribution in [2.45, 2.75) is 12.8 Å². The van der Waals surface area contributed by atoms with Crippen LogP contribution in [0, 0.1) is 6.57 Å². The average molecular weight is 231 g/mol. The summed E-state index contributed by atoms with van der Waals surface area (Å²) < 4.78 is 1.21. The number of benzene rings is 1. The first-order valence-electron chi connectivity index (χ1n) is 5.33. The van der Waals surface area contributed by atoms with Gasteiger partial charge < -0.3 is 10.2 Å². The van der Waals surface area contributed by atoms with E-state index in [4.69, 9.17) is 6.57 Å². The zero-order valence-corrected chi connectivity index (χ0v) is 9.76. The lowest BCUT2D eigenvalue weighted by molar-refractivity contribution is 0.814. The third kappa shape index (κ3) is 2.71. The molecular weight excluding hydrogens is 218 g/mol. The number of hydrogen-bond acceptors (Lipinski definition) is 3. The number of aromatic nitrogens is 1. The van der Waals surface area contributed by atoms with E-state index in [1.54, 1.807) is 11.3 Å². The highest BCUT2D eigenvalue weighted by molar-refractivity contribution is 7.22. The van der Waals surface area contributed by atoms with Crippen molar-refractivity contribution in [3.05, 3.63) is 35.7 Å². The number of nitrogens with one attached hydrogen (secondary N) is 1. The molecule has 1 N–H and O–H groups in total. The van der Waals surface area contributed by atoms with E-state index < -0.39 is 0 Å². The van der Waals surface area contributed by atoms with Crippen LogP contribution in [0.5, 0.6) is 0 Å². The van der Waals surface area contributed by atoms with Crippen LogP contribution >= 0.6 is 11.3 Å². The predicted molar refractivity (Wildman–Crippen MR) is 68.8 cm³/mol. The van der Waals surface area contributed by atoms with Crippen LogP contribution in [-0.4, -0.2) is 18.1 Å². The van der Waals surface area contributed by atoms with Crippen LogP contribution in [0.15, 0.2) is 24.3 Å². The van der Waals surface area contributed by atoms with Gasteiger partial charge >= 0.3 is 0 Å². The minimum atomic E-state index is 0.627. The Morgan fingerprint density at radius 1 is 1.31 bits per heavy atom. The summed E-state index contributed by atoms with van der Waals surface area (Å²) in [6.07, 6.45) is 1.99. The van der Waals surface area contributed by atoms with Gasteiger partial charge in [0.15, 0.2) is 5.13 Å². The van der Waals surface area contributed by atoms with E-state index in [1.807, 2.05) is 18.2 Å². The molecule has 0 bridgehead atoms. The van der Waals surface area contributed by atoms with Crippen molar-refractivity contribution < 1.29 is 0 Å². The molecule has 0 spiro atoms. The molecule has 2 rings (SSSR count). The molecule has 0 atom stereocenters. The lowest BCUT2D eigenvalue weighted by atomic mass is 10.3. The number of anilines is 1. The molecule has 0 amide bonds. The standard InChI is InChI=1S/C12H13N3S/c1-13-8-4-5-9-14-12-15-10-6-2-3-7-11(10)16-12/h2-3,6-7H,4-5,8-9H2,(H,14,15). The van der Waals surface area contributed by atoms with Gasteiger partial charge in [-0.2, -0.15) is 0 Å². The molecule has 16 heavy (non-hydrogen) atoms. The maximum absolute atomic E-state index is 6.67. The Hall–Kier alpha value is -1.60. The van der Waals surface area contributed by atoms with Crippen molar-refractivity contribution in [3.8, 4) is 0 Å². The molecule has 0 radical (unpaired) electrons. The summed E-state index contributed by atoms with van der Waals surface area (Å²) in [6.45, 7) is 8.19. The molecule has 0 saturated carbocycles. The van der Waals surface area contributed by atoms with Crippen LogP contribution in [-0.2, 0) is 0 Å². The second kappa shape index (κ2) is 5.47. The number of fused-ring (bicyclic) bond motifs is 1. The molecule has 0 aliphatic carbocycles. The SMILES string of the molecule is [C-]#[N+]CCCCNc1nc2ccccc2s1. The maximum atomic E-state index is 6.67. The molecule has 0 aliphatic rings. The number of nitrogens with zero attached hydrogens (tertiary/aromatic N) is 2. The van der Waals surface area contributed by atoms with Crippen LogP contribution in [0.1, 0.15) is 12.8 Å². The monoisotopic (exact) mass is 231 g/mol. The van der Waals surface area contributed by atoms with E-state index >= 15 is 0 Å². The number of thiazole rings is 1. The van der Waals surface area contributed by atoms with Crippen molar-refractivity contribution >= 4 is 26.7 Å². The summed E-state index contributed by atoms with van der Waals surface area (Å²) in [6, 6.07) is 8.13. The third-order valence-corrected chi connectivity index (χ3v) is 3.26. The Balaban J connectivity index is 1.88. The molecule has 1 aromatic heterocycles. The largest absolute Gasteiger partial charge is 0.361 e. The molecular formula is C12H13N3S. The van der Waals surface area contributed by atoms with Gasteiger partial charge in [-0.1, -0.05) is 23.5 Å². The van der Waals surface area contributed by atoms with Crippen LogP contribution < -0.4 is 5.32 Å². The van der Waals surface area contributed by atoms with Gasteiger partial charge in [0.1, 0.15) is 0 Å². The highest BCUT2D eigenvalue weighted by Crippen LogP contribution is 2.25. The van der Waals surface area contributed by atoms with Gasteiger partial charge in [0.05, 0.1) is 10.2 Å². The van der Waals surface area contributed by atoms with Gasteiger partial charge in [0, 0.05) is 13.0 Å². The number of unbranched alkanes of at least 4 members (excludes halogenated alkanes) is 1. The van der Waals surface area contributed by atoms with Crippen molar-refractivity contribution in [1.82, 2.24) is 4.98 Å². The second-order valence-electron chi connectivity index (χ2n) is 3.50. The van der Waals surface area contributed by atoms with Gasteiger partial charge in [-0.25, -0.2) is 11.6 Å². The van der Waals surface area contributed by atoms with Gasteiger partial charge in [-0.15, -0.1) is 0 Å². The molecule has 0 fully saturated rings. The molecule has 2 aromatic rings. The van der Waals surface area contributed by atoms with Crippen molar-refractivity contribution in [1.29, 1.82) is 0 Å².